The first-order valence-electron chi connectivity index (χ1n) is 1.30. The predicted molar refractivity (Wildman–Crippen MR) is 45.6 cm³/mol. The van der Waals surface area contributed by atoms with Crippen molar-refractivity contribution in [1.82, 2.24) is 6.15 Å². The van der Waals surface area contributed by atoms with Gasteiger partial charge in [0.05, 0.1) is 0 Å². The Bertz CT molecular complexity index is 119. The summed E-state index contributed by atoms with van der Waals surface area (Å²) in [5, 5.41) is 25.6. The van der Waals surface area contributed by atoms with Gasteiger partial charge in [0.1, 0.15) is 5.40 Å². The smallest absolute Gasteiger partial charge is 0.696 e. The fraction of sp³-hybridized carbons (Fsp3) is 0. The third-order valence-corrected chi connectivity index (χ3v) is 0. The van der Waals surface area contributed by atoms with Gasteiger partial charge >= 0.3 is 80.9 Å². The maximum Gasteiger partial charge on any atom is 1.00 e. The van der Waals surface area contributed by atoms with E-state index in [4.69, 9.17) is 15.8 Å². The fourth-order valence-corrected chi connectivity index (χ4v) is 0. The SMILES string of the molecule is N.N#CS.N#C[S-].N#C[S-].[K+].[Na+]. The first-order chi connectivity index (χ1) is 4.24. The van der Waals surface area contributed by atoms with Crippen LogP contribution in [-0.2, 0) is 25.3 Å². The molecule has 0 saturated carbocycles. The summed E-state index contributed by atoms with van der Waals surface area (Å²) >= 11 is 10.5. The molecule has 0 spiro atoms. The molecule has 0 heterocycles. The zero-order valence-electron chi connectivity index (χ0n) is 6.81. The van der Waals surface area contributed by atoms with Crippen molar-refractivity contribution in [3.05, 3.63) is 0 Å². The van der Waals surface area contributed by atoms with Gasteiger partial charge in [0.25, 0.3) is 0 Å². The Morgan fingerprint density at radius 1 is 1.00 bits per heavy atom. The molecule has 0 aliphatic rings. The molecule has 4 nitrogen and oxygen atoms in total. The summed E-state index contributed by atoms with van der Waals surface area (Å²) in [6, 6.07) is 0. The quantitative estimate of drug-likeness (QED) is 0.193. The van der Waals surface area contributed by atoms with E-state index in [0.717, 1.165) is 0 Å². The van der Waals surface area contributed by atoms with Crippen LogP contribution in [-0.4, -0.2) is 0 Å². The van der Waals surface area contributed by atoms with Gasteiger partial charge in [-0.15, -0.1) is 0 Å². The number of rotatable bonds is 0. The van der Waals surface area contributed by atoms with Gasteiger partial charge in [0.15, 0.2) is 0 Å². The van der Waals surface area contributed by atoms with Crippen molar-refractivity contribution in [3.63, 3.8) is 0 Å². The summed E-state index contributed by atoms with van der Waals surface area (Å²) in [6.07, 6.45) is 0. The molecule has 0 fully saturated rings. The van der Waals surface area contributed by atoms with E-state index in [9.17, 15) is 0 Å². The largest absolute Gasteiger partial charge is 1.00 e. The van der Waals surface area contributed by atoms with E-state index in [1.165, 1.54) is 16.2 Å². The van der Waals surface area contributed by atoms with Crippen LogP contribution in [0.15, 0.2) is 0 Å². The van der Waals surface area contributed by atoms with Crippen molar-refractivity contribution in [2.24, 2.45) is 0 Å². The molecule has 12 heavy (non-hydrogen) atoms. The number of thiocyanates is 3. The summed E-state index contributed by atoms with van der Waals surface area (Å²) in [7, 11) is 0. The van der Waals surface area contributed by atoms with Crippen molar-refractivity contribution in [2.75, 3.05) is 0 Å². The van der Waals surface area contributed by atoms with Gasteiger partial charge in [-0.1, -0.05) is 23.4 Å². The first kappa shape index (κ1) is 37.1. The summed E-state index contributed by atoms with van der Waals surface area (Å²) in [6.45, 7) is 0. The van der Waals surface area contributed by atoms with E-state index in [0.29, 0.717) is 0 Å². The number of nitriles is 3. The third-order valence-electron chi connectivity index (χ3n) is 0. The molecule has 0 unspecified atom stereocenters. The van der Waals surface area contributed by atoms with Crippen molar-refractivity contribution >= 4 is 37.9 Å². The summed E-state index contributed by atoms with van der Waals surface area (Å²) in [5.74, 6) is 0. The standard InChI is InChI=1S/3CHNS.K.H3N.Na/c3*2-1-3;;;/h3*3H;;1H3;/q;;;+1;;+1/p-2. The molecule has 3 N–H and O–H groups in total. The van der Waals surface area contributed by atoms with Crippen molar-refractivity contribution in [3.8, 4) is 16.2 Å². The van der Waals surface area contributed by atoms with E-state index in [1.807, 2.05) is 0 Å². The monoisotopic (exact) mass is 254 g/mol. The summed E-state index contributed by atoms with van der Waals surface area (Å²) < 4.78 is 0. The van der Waals surface area contributed by atoms with Gasteiger partial charge in [0, 0.05) is 0 Å². The van der Waals surface area contributed by atoms with E-state index in [-0.39, 0.29) is 87.1 Å². The average molecular weight is 254 g/mol. The number of nitrogens with zero attached hydrogens (tertiary/aromatic N) is 3. The minimum atomic E-state index is 0. The summed E-state index contributed by atoms with van der Waals surface area (Å²) in [4.78, 5) is 0. The van der Waals surface area contributed by atoms with Crippen molar-refractivity contribution in [1.29, 1.82) is 15.8 Å². The van der Waals surface area contributed by atoms with Crippen LogP contribution < -0.4 is 87.1 Å². The Morgan fingerprint density at radius 3 is 1.00 bits per heavy atom. The summed E-state index contributed by atoms with van der Waals surface area (Å²) in [5.41, 5.74) is 0. The molecule has 0 aromatic carbocycles. The number of hydrogen-bond donors (Lipinski definition) is 2. The number of thiol groups is 1. The molecule has 0 aliphatic heterocycles. The van der Waals surface area contributed by atoms with E-state index < -0.39 is 0 Å². The normalized spacial score (nSPS) is 1.83. The van der Waals surface area contributed by atoms with Crippen LogP contribution in [0.1, 0.15) is 0 Å². The Labute approximate surface area is 154 Å². The molecule has 9 heteroatoms. The molecule has 0 atom stereocenters. The minimum absolute atomic E-state index is 0. The van der Waals surface area contributed by atoms with Crippen LogP contribution in [0.2, 0.25) is 0 Å². The zero-order valence-corrected chi connectivity index (χ0v) is 14.5. The van der Waals surface area contributed by atoms with Gasteiger partial charge in [-0.25, -0.2) is 10.5 Å². The van der Waals surface area contributed by atoms with Gasteiger partial charge in [-0.3, -0.25) is 0 Å². The van der Waals surface area contributed by atoms with Crippen molar-refractivity contribution < 1.29 is 80.9 Å². The third kappa shape index (κ3) is 406. The van der Waals surface area contributed by atoms with Crippen LogP contribution in [0.5, 0.6) is 0 Å². The van der Waals surface area contributed by atoms with Gasteiger partial charge in [-0.2, -0.15) is 5.26 Å². The Kier molecular flexibility index (Phi) is 237. The molecule has 0 amide bonds. The second-order valence-electron chi connectivity index (χ2n) is 0.283. The van der Waals surface area contributed by atoms with Crippen LogP contribution in [0.25, 0.3) is 0 Å². The molecule has 0 aliphatic carbocycles. The second-order valence-corrected chi connectivity index (χ2v) is 0.848. The number of hydrogen-bond acceptors (Lipinski definition) is 7. The maximum absolute atomic E-state index is 7.18. The topological polar surface area (TPSA) is 106 Å². The first-order valence-corrected chi connectivity index (χ1v) is 2.57. The van der Waals surface area contributed by atoms with Gasteiger partial charge in [0.2, 0.25) is 0 Å². The van der Waals surface area contributed by atoms with Crippen LogP contribution in [0.3, 0.4) is 0 Å². The Balaban J connectivity index is -0.00000001000. The Hall–Kier alpha value is 1.86. The van der Waals surface area contributed by atoms with Crippen molar-refractivity contribution in [2.45, 2.75) is 0 Å². The van der Waals surface area contributed by atoms with E-state index in [1.54, 1.807) is 0 Å². The molecular formula is C3H4KN4NaS3. The van der Waals surface area contributed by atoms with E-state index in [2.05, 4.69) is 37.9 Å². The minimum Gasteiger partial charge on any atom is -0.696 e. The molecule has 0 bridgehead atoms. The fourth-order valence-electron chi connectivity index (χ4n) is 0. The molecular weight excluding hydrogens is 250 g/mol. The predicted octanol–water partition coefficient (Wildman–Crippen LogP) is -5.40. The average Bonchev–Trinajstić information content (AvgIpc) is 1.70. The van der Waals surface area contributed by atoms with Gasteiger partial charge in [-0.05, 0) is 0 Å². The molecule has 0 radical (unpaired) electrons. The molecule has 56 valence electrons. The second kappa shape index (κ2) is 76.6. The molecule has 0 aromatic rings. The molecule has 0 rings (SSSR count). The van der Waals surface area contributed by atoms with Crippen LogP contribution in [0, 0.1) is 32.0 Å². The van der Waals surface area contributed by atoms with Crippen LogP contribution in [0.4, 0.5) is 0 Å². The molecule has 0 aromatic heterocycles. The van der Waals surface area contributed by atoms with Gasteiger partial charge < -0.3 is 31.4 Å². The van der Waals surface area contributed by atoms with E-state index >= 15 is 0 Å². The van der Waals surface area contributed by atoms with Crippen LogP contribution >= 0.6 is 12.6 Å². The maximum atomic E-state index is 7.18. The Morgan fingerprint density at radius 2 is 1.00 bits per heavy atom. The molecule has 0 saturated heterocycles. The zero-order chi connectivity index (χ0) is 8.12.